The maximum absolute atomic E-state index is 6.70. The average Bonchev–Trinajstić information content (AvgIpc) is 3.59. The molecule has 5 aromatic heterocycles. The standard InChI is InChI=1S/C30H25N4O.Ir/c1-18(2)22-13-14-25-28(32-22)21-17-27(35-29(21)26-15-16-31-34(25)26)30(3,4)33-23-11-7-5-9-19(23)20-10-6-8-12-24(20)33;/h5-13,15-18H,1-4H3;/q-1;. The molecule has 0 unspecified atom stereocenters. The number of furan rings is 1. The number of fused-ring (bicyclic) bond motifs is 9. The molecule has 0 saturated carbocycles. The fourth-order valence-electron chi connectivity index (χ4n) is 5.42. The Morgan fingerprint density at radius 3 is 2.22 bits per heavy atom. The Kier molecular flexibility index (Phi) is 5.12. The maximum atomic E-state index is 6.70. The summed E-state index contributed by atoms with van der Waals surface area (Å²) in [5.41, 5.74) is 6.39. The van der Waals surface area contributed by atoms with Gasteiger partial charge in [0.25, 0.3) is 0 Å². The van der Waals surface area contributed by atoms with E-state index in [1.54, 1.807) is 6.20 Å². The summed E-state index contributed by atoms with van der Waals surface area (Å²) in [5, 5.41) is 8.04. The van der Waals surface area contributed by atoms with Crippen LogP contribution in [-0.2, 0) is 25.6 Å². The van der Waals surface area contributed by atoms with Gasteiger partial charge in [0.15, 0.2) is 0 Å². The second-order valence-electron chi connectivity index (χ2n) is 10.1. The van der Waals surface area contributed by atoms with Crippen molar-refractivity contribution in [3.05, 3.63) is 90.4 Å². The zero-order chi connectivity index (χ0) is 23.9. The summed E-state index contributed by atoms with van der Waals surface area (Å²) in [7, 11) is 0. The van der Waals surface area contributed by atoms with Gasteiger partial charge in [0.1, 0.15) is 16.9 Å². The fraction of sp³-hybridized carbons (Fsp3) is 0.200. The van der Waals surface area contributed by atoms with Crippen molar-refractivity contribution >= 4 is 49.3 Å². The number of benzene rings is 2. The van der Waals surface area contributed by atoms with Gasteiger partial charge in [-0.3, -0.25) is 4.52 Å². The van der Waals surface area contributed by atoms with E-state index in [9.17, 15) is 0 Å². The first-order valence-corrected chi connectivity index (χ1v) is 12.1. The van der Waals surface area contributed by atoms with Crippen molar-refractivity contribution in [2.75, 3.05) is 0 Å². The van der Waals surface area contributed by atoms with Gasteiger partial charge in [-0.1, -0.05) is 61.9 Å². The Morgan fingerprint density at radius 1 is 0.889 bits per heavy atom. The minimum atomic E-state index is -0.454. The third-order valence-corrected chi connectivity index (χ3v) is 7.23. The smallest absolute Gasteiger partial charge is 0.150 e. The molecule has 0 bridgehead atoms. The van der Waals surface area contributed by atoms with Crippen molar-refractivity contribution in [1.82, 2.24) is 19.2 Å². The van der Waals surface area contributed by atoms with Crippen molar-refractivity contribution < 1.29 is 24.5 Å². The second-order valence-corrected chi connectivity index (χ2v) is 10.1. The van der Waals surface area contributed by atoms with Crippen molar-refractivity contribution in [1.29, 1.82) is 0 Å². The van der Waals surface area contributed by atoms with Gasteiger partial charge in [0.05, 0.1) is 22.8 Å². The van der Waals surface area contributed by atoms with Gasteiger partial charge in [0, 0.05) is 30.9 Å². The van der Waals surface area contributed by atoms with Gasteiger partial charge in [0.2, 0.25) is 0 Å². The summed E-state index contributed by atoms with van der Waals surface area (Å²) in [5.74, 6) is 1.19. The van der Waals surface area contributed by atoms with E-state index in [2.05, 4.69) is 98.0 Å². The van der Waals surface area contributed by atoms with Crippen LogP contribution in [0.25, 0.3) is 49.3 Å². The zero-order valence-electron chi connectivity index (χ0n) is 20.5. The fourth-order valence-corrected chi connectivity index (χ4v) is 5.42. The van der Waals surface area contributed by atoms with Crippen molar-refractivity contribution in [2.45, 2.75) is 39.2 Å². The van der Waals surface area contributed by atoms with E-state index in [0.717, 1.165) is 39.0 Å². The Labute approximate surface area is 222 Å². The summed E-state index contributed by atoms with van der Waals surface area (Å²) in [4.78, 5) is 5.03. The molecule has 7 rings (SSSR count). The van der Waals surface area contributed by atoms with Crippen LogP contribution in [-0.4, -0.2) is 19.2 Å². The van der Waals surface area contributed by atoms with Crippen LogP contribution in [0.4, 0.5) is 0 Å². The van der Waals surface area contributed by atoms with Crippen molar-refractivity contribution in [3.8, 4) is 0 Å². The molecule has 0 N–H and O–H groups in total. The van der Waals surface area contributed by atoms with Crippen LogP contribution in [0, 0.1) is 6.07 Å². The summed E-state index contributed by atoms with van der Waals surface area (Å²) in [6.07, 6.45) is 1.80. The van der Waals surface area contributed by atoms with Crippen LogP contribution in [0.5, 0.6) is 0 Å². The third kappa shape index (κ3) is 3.04. The number of para-hydroxylation sites is 2. The van der Waals surface area contributed by atoms with E-state index in [-0.39, 0.29) is 20.1 Å². The van der Waals surface area contributed by atoms with E-state index in [0.29, 0.717) is 5.92 Å². The number of rotatable bonds is 3. The summed E-state index contributed by atoms with van der Waals surface area (Å²) < 4.78 is 11.0. The molecule has 0 amide bonds. The van der Waals surface area contributed by atoms with Gasteiger partial charge in [-0.15, -0.1) is 0 Å². The van der Waals surface area contributed by atoms with Crippen LogP contribution < -0.4 is 0 Å². The zero-order valence-corrected chi connectivity index (χ0v) is 22.9. The molecule has 6 heteroatoms. The summed E-state index contributed by atoms with van der Waals surface area (Å²) in [6.45, 7) is 8.74. The Hall–Kier alpha value is -3.47. The first-order valence-electron chi connectivity index (χ1n) is 12.1. The maximum Gasteiger partial charge on any atom is 0.150 e. The average molecular weight is 650 g/mol. The number of hydrogen-bond acceptors (Lipinski definition) is 3. The van der Waals surface area contributed by atoms with Crippen LogP contribution in [0.2, 0.25) is 0 Å². The predicted molar refractivity (Wildman–Crippen MR) is 141 cm³/mol. The number of pyridine rings is 2. The molecule has 0 fully saturated rings. The predicted octanol–water partition coefficient (Wildman–Crippen LogP) is 7.44. The van der Waals surface area contributed by atoms with Gasteiger partial charge in [-0.25, -0.2) is 0 Å². The molecule has 0 aliphatic heterocycles. The molecule has 5 nitrogen and oxygen atoms in total. The van der Waals surface area contributed by atoms with Gasteiger partial charge in [-0.2, -0.15) is 17.2 Å². The monoisotopic (exact) mass is 650 g/mol. The minimum Gasteiger partial charge on any atom is -0.457 e. The van der Waals surface area contributed by atoms with E-state index in [1.807, 2.05) is 16.6 Å². The van der Waals surface area contributed by atoms with E-state index in [4.69, 9.17) is 9.40 Å². The van der Waals surface area contributed by atoms with Crippen LogP contribution in [0.1, 0.15) is 45.1 Å². The normalized spacial score (nSPS) is 12.5. The van der Waals surface area contributed by atoms with Gasteiger partial charge in [-0.05, 0) is 54.5 Å². The SMILES string of the molecule is CC(C)c1c[c-]c2c(n1)c1cc(C(C)(C)n3c4ccccc4c4ccccc43)oc1c1ccnn21.[Ir]. The molecule has 7 aromatic rings. The van der Waals surface area contributed by atoms with Gasteiger partial charge >= 0.3 is 0 Å². The summed E-state index contributed by atoms with van der Waals surface area (Å²) in [6, 6.07) is 26.7. The molecule has 0 atom stereocenters. The van der Waals surface area contributed by atoms with E-state index >= 15 is 0 Å². The van der Waals surface area contributed by atoms with E-state index < -0.39 is 5.54 Å². The number of aromatic nitrogens is 4. The Balaban J connectivity index is 0.00000240. The quantitative estimate of drug-likeness (QED) is 0.187. The Bertz CT molecular complexity index is 1870. The first-order chi connectivity index (χ1) is 16.9. The topological polar surface area (TPSA) is 48.3 Å². The van der Waals surface area contributed by atoms with Crippen LogP contribution >= 0.6 is 0 Å². The molecular formula is C30H25IrN4O-. The molecule has 36 heavy (non-hydrogen) atoms. The Morgan fingerprint density at radius 2 is 1.56 bits per heavy atom. The van der Waals surface area contributed by atoms with E-state index in [1.165, 1.54) is 21.8 Å². The molecule has 181 valence electrons. The summed E-state index contributed by atoms with van der Waals surface area (Å²) >= 11 is 0. The molecule has 5 heterocycles. The van der Waals surface area contributed by atoms with Crippen molar-refractivity contribution in [3.63, 3.8) is 0 Å². The molecule has 0 aliphatic rings. The number of nitrogens with zero attached hydrogens (tertiary/aromatic N) is 4. The minimum absolute atomic E-state index is 0. The molecule has 0 aliphatic carbocycles. The van der Waals surface area contributed by atoms with Gasteiger partial charge < -0.3 is 14.0 Å². The third-order valence-electron chi connectivity index (χ3n) is 7.23. The van der Waals surface area contributed by atoms with Crippen molar-refractivity contribution in [2.24, 2.45) is 0 Å². The molecule has 2 aromatic carbocycles. The molecule has 0 spiro atoms. The molecule has 1 radical (unpaired) electrons. The number of hydrogen-bond donors (Lipinski definition) is 0. The van der Waals surface area contributed by atoms with Crippen LogP contribution in [0.3, 0.4) is 0 Å². The molecular weight excluding hydrogens is 625 g/mol. The molecule has 0 saturated heterocycles. The largest absolute Gasteiger partial charge is 0.457 e. The first kappa shape index (κ1) is 23.0. The van der Waals surface area contributed by atoms with Crippen LogP contribution in [0.15, 0.2) is 77.3 Å². The second kappa shape index (κ2) is 8.02.